The predicted molar refractivity (Wildman–Crippen MR) is 119 cm³/mol. The Bertz CT molecular complexity index is 1010. The van der Waals surface area contributed by atoms with Gasteiger partial charge < -0.3 is 9.84 Å². The van der Waals surface area contributed by atoms with Crippen molar-refractivity contribution in [2.45, 2.75) is 63.8 Å². The fourth-order valence-electron chi connectivity index (χ4n) is 5.02. The molecule has 1 N–H and O–H groups in total. The van der Waals surface area contributed by atoms with Gasteiger partial charge in [-0.25, -0.2) is 4.39 Å². The molecule has 2 aromatic rings. The Morgan fingerprint density at radius 3 is 2.35 bits per heavy atom. The molecule has 8 heteroatoms. The quantitative estimate of drug-likeness (QED) is 0.469. The number of carboxylic acids is 1. The number of ether oxygens (including phenoxy) is 1. The molecular weight excluding hydrogens is 450 g/mol. The lowest BCUT2D eigenvalue weighted by molar-refractivity contribution is -0.143. The van der Waals surface area contributed by atoms with E-state index < -0.39 is 23.5 Å². The van der Waals surface area contributed by atoms with Crippen molar-refractivity contribution in [2.75, 3.05) is 13.1 Å². The number of aliphatic carboxylic acids is 1. The van der Waals surface area contributed by atoms with Crippen LogP contribution in [0.3, 0.4) is 0 Å². The van der Waals surface area contributed by atoms with E-state index in [-0.39, 0.29) is 24.2 Å². The Morgan fingerprint density at radius 2 is 1.74 bits per heavy atom. The summed E-state index contributed by atoms with van der Waals surface area (Å²) >= 11 is 0. The van der Waals surface area contributed by atoms with Crippen molar-refractivity contribution in [2.24, 2.45) is 5.92 Å². The molecule has 0 spiro atoms. The predicted octanol–water partition coefficient (Wildman–Crippen LogP) is 6.38. The molecule has 1 aliphatic heterocycles. The van der Waals surface area contributed by atoms with E-state index >= 15 is 0 Å². The second kappa shape index (κ2) is 10.3. The van der Waals surface area contributed by atoms with Crippen LogP contribution in [0.15, 0.2) is 36.4 Å². The zero-order valence-electron chi connectivity index (χ0n) is 18.9. The van der Waals surface area contributed by atoms with Crippen LogP contribution in [0.25, 0.3) is 0 Å². The van der Waals surface area contributed by atoms with E-state index in [1.807, 2.05) is 4.90 Å². The highest BCUT2D eigenvalue weighted by molar-refractivity contribution is 5.70. The van der Waals surface area contributed by atoms with Gasteiger partial charge in [0.2, 0.25) is 0 Å². The van der Waals surface area contributed by atoms with E-state index in [9.17, 15) is 22.4 Å². The number of nitrogens with zero attached hydrogens (tertiary/aromatic N) is 1. The fourth-order valence-corrected chi connectivity index (χ4v) is 5.02. The molecule has 34 heavy (non-hydrogen) atoms. The van der Waals surface area contributed by atoms with Crippen LogP contribution in [0.4, 0.5) is 17.6 Å². The van der Waals surface area contributed by atoms with Crippen molar-refractivity contribution in [1.82, 2.24) is 4.90 Å². The van der Waals surface area contributed by atoms with E-state index in [1.54, 1.807) is 24.3 Å². The number of carbonyl (C=O) groups is 1. The maximum absolute atomic E-state index is 14.6. The van der Waals surface area contributed by atoms with Gasteiger partial charge in [-0.1, -0.05) is 31.0 Å². The summed E-state index contributed by atoms with van der Waals surface area (Å²) in [6.45, 7) is 1.46. The van der Waals surface area contributed by atoms with Crippen LogP contribution in [0.1, 0.15) is 66.7 Å². The Balaban J connectivity index is 1.38. The van der Waals surface area contributed by atoms with Crippen LogP contribution in [0.5, 0.6) is 5.75 Å². The molecule has 0 aromatic heterocycles. The summed E-state index contributed by atoms with van der Waals surface area (Å²) in [5.74, 6) is -1.39. The number of alkyl halides is 3. The minimum absolute atomic E-state index is 0.0526. The van der Waals surface area contributed by atoms with Gasteiger partial charge in [-0.15, -0.1) is 0 Å². The lowest BCUT2D eigenvalue weighted by Gasteiger charge is -2.30. The van der Waals surface area contributed by atoms with Gasteiger partial charge >= 0.3 is 12.1 Å². The first-order valence-corrected chi connectivity index (χ1v) is 11.8. The van der Waals surface area contributed by atoms with Crippen molar-refractivity contribution < 1.29 is 32.2 Å². The molecule has 1 heterocycles. The Labute approximate surface area is 196 Å². The van der Waals surface area contributed by atoms with Crippen molar-refractivity contribution in [3.63, 3.8) is 0 Å². The maximum Gasteiger partial charge on any atom is 0.416 e. The van der Waals surface area contributed by atoms with Crippen LogP contribution in [-0.4, -0.2) is 29.1 Å². The third-order valence-electron chi connectivity index (χ3n) is 6.98. The molecule has 1 saturated heterocycles. The van der Waals surface area contributed by atoms with E-state index in [4.69, 9.17) is 9.84 Å². The number of carboxylic acid groups (broad SMARTS) is 1. The number of rotatable bonds is 7. The second-order valence-corrected chi connectivity index (χ2v) is 9.33. The zero-order chi connectivity index (χ0) is 24.3. The van der Waals surface area contributed by atoms with Gasteiger partial charge in [-0.05, 0) is 68.0 Å². The number of hydrogen-bond acceptors (Lipinski definition) is 3. The van der Waals surface area contributed by atoms with Gasteiger partial charge in [0.1, 0.15) is 18.2 Å². The minimum atomic E-state index is -4.43. The summed E-state index contributed by atoms with van der Waals surface area (Å²) < 4.78 is 61.3. The molecule has 2 aromatic carbocycles. The van der Waals surface area contributed by atoms with Gasteiger partial charge in [-0.3, -0.25) is 9.69 Å². The van der Waals surface area contributed by atoms with Crippen LogP contribution in [0.2, 0.25) is 0 Å². The Hall–Kier alpha value is -2.61. The molecule has 0 atom stereocenters. The van der Waals surface area contributed by atoms with E-state index in [0.29, 0.717) is 49.2 Å². The number of hydrogen-bond donors (Lipinski definition) is 1. The smallest absolute Gasteiger partial charge is 0.416 e. The summed E-state index contributed by atoms with van der Waals surface area (Å²) in [6, 6.07) is 8.84. The normalized spacial score (nSPS) is 18.4. The molecule has 1 saturated carbocycles. The van der Waals surface area contributed by atoms with Crippen molar-refractivity contribution in [1.29, 1.82) is 0 Å². The third-order valence-corrected chi connectivity index (χ3v) is 6.98. The maximum atomic E-state index is 14.6. The van der Waals surface area contributed by atoms with Gasteiger partial charge in [0.25, 0.3) is 0 Å². The van der Waals surface area contributed by atoms with Crippen molar-refractivity contribution in [3.05, 3.63) is 64.5 Å². The average molecular weight is 480 g/mol. The van der Waals surface area contributed by atoms with Gasteiger partial charge in [0, 0.05) is 18.2 Å². The second-order valence-electron chi connectivity index (χ2n) is 9.33. The molecule has 4 nitrogen and oxygen atoms in total. The minimum Gasteiger partial charge on any atom is -0.489 e. The fraction of sp³-hybridized carbons (Fsp3) is 0.500. The standard InChI is InChI=1S/C26H29F4NO3/c27-24-14-21(7-6-20(24)15-31-11-9-19(10-12-31)25(32)33)34-16-17-5-8-22(18-3-1-2-4-18)23(13-17)26(28,29)30/h5-8,13-14,18-19H,1-4,9-12,15-16H2,(H,32,33). The van der Waals surface area contributed by atoms with Gasteiger partial charge in [0.15, 0.2) is 0 Å². The summed E-state index contributed by atoms with van der Waals surface area (Å²) in [5, 5.41) is 9.09. The van der Waals surface area contributed by atoms with Gasteiger partial charge in [0.05, 0.1) is 11.5 Å². The SMILES string of the molecule is O=C(O)C1CCN(Cc2ccc(OCc3ccc(C4CCCC4)c(C(F)(F)F)c3)cc2F)CC1. The number of piperidine rings is 1. The molecule has 4 rings (SSSR count). The van der Waals surface area contributed by atoms with Crippen molar-refractivity contribution in [3.8, 4) is 5.75 Å². The largest absolute Gasteiger partial charge is 0.489 e. The van der Waals surface area contributed by atoms with Crippen LogP contribution >= 0.6 is 0 Å². The first kappa shape index (κ1) is 24.5. The van der Waals surface area contributed by atoms with Crippen LogP contribution in [0, 0.1) is 11.7 Å². The highest BCUT2D eigenvalue weighted by Crippen LogP contribution is 2.42. The molecule has 0 radical (unpaired) electrons. The molecule has 2 fully saturated rings. The first-order chi connectivity index (χ1) is 16.2. The first-order valence-electron chi connectivity index (χ1n) is 11.8. The monoisotopic (exact) mass is 479 g/mol. The number of halogens is 4. The van der Waals surface area contributed by atoms with Crippen LogP contribution < -0.4 is 4.74 Å². The third kappa shape index (κ3) is 5.90. The number of likely N-dealkylation sites (tertiary alicyclic amines) is 1. The summed E-state index contributed by atoms with van der Waals surface area (Å²) in [6.07, 6.45) is 0.115. The summed E-state index contributed by atoms with van der Waals surface area (Å²) in [7, 11) is 0. The zero-order valence-corrected chi connectivity index (χ0v) is 18.9. The topological polar surface area (TPSA) is 49.8 Å². The lowest BCUT2D eigenvalue weighted by Crippen LogP contribution is -2.36. The molecule has 0 bridgehead atoms. The number of benzene rings is 2. The molecule has 2 aliphatic rings. The van der Waals surface area contributed by atoms with Crippen LogP contribution in [-0.2, 0) is 24.1 Å². The van der Waals surface area contributed by atoms with E-state index in [0.717, 1.165) is 31.7 Å². The lowest BCUT2D eigenvalue weighted by atomic mass is 9.91. The highest BCUT2D eigenvalue weighted by atomic mass is 19.4. The average Bonchev–Trinajstić information content (AvgIpc) is 3.34. The molecule has 0 amide bonds. The van der Waals surface area contributed by atoms with E-state index in [2.05, 4.69) is 0 Å². The summed E-state index contributed by atoms with van der Waals surface area (Å²) in [5.41, 5.74) is 0.617. The van der Waals surface area contributed by atoms with Crippen molar-refractivity contribution >= 4 is 5.97 Å². The summed E-state index contributed by atoms with van der Waals surface area (Å²) in [4.78, 5) is 13.1. The Morgan fingerprint density at radius 1 is 1.03 bits per heavy atom. The molecular formula is C26H29F4NO3. The van der Waals surface area contributed by atoms with E-state index in [1.165, 1.54) is 6.07 Å². The Kier molecular flexibility index (Phi) is 7.45. The molecule has 184 valence electrons. The molecule has 0 unspecified atom stereocenters. The highest BCUT2D eigenvalue weighted by Gasteiger charge is 2.36. The molecule has 1 aliphatic carbocycles. The van der Waals surface area contributed by atoms with Gasteiger partial charge in [-0.2, -0.15) is 13.2 Å².